The number of carbonyl (C=O) groups excluding carboxylic acids is 2. The number of carbonyl (C=O) groups is 2. The number of hydrogen-bond acceptors (Lipinski definition) is 4. The molecule has 2 aromatic rings. The van der Waals surface area contributed by atoms with Gasteiger partial charge in [0, 0.05) is 38.5 Å². The highest BCUT2D eigenvalue weighted by Gasteiger charge is 2.58. The third-order valence-corrected chi connectivity index (χ3v) is 6.55. The molecule has 1 saturated heterocycles. The van der Waals surface area contributed by atoms with Crippen LogP contribution in [0.5, 0.6) is 0 Å². The number of furan rings is 1. The van der Waals surface area contributed by atoms with Crippen LogP contribution in [0.1, 0.15) is 12.2 Å². The second kappa shape index (κ2) is 7.63. The summed E-state index contributed by atoms with van der Waals surface area (Å²) >= 11 is 0. The highest BCUT2D eigenvalue weighted by Crippen LogP contribution is 2.52. The topological polar surface area (TPSA) is 86.9 Å². The van der Waals surface area contributed by atoms with E-state index in [1.165, 1.54) is 4.90 Å². The average Bonchev–Trinajstić information content (AvgIpc) is 3.51. The predicted octanol–water partition coefficient (Wildman–Crippen LogP) is 1.95. The molecule has 2 heterocycles. The van der Waals surface area contributed by atoms with Gasteiger partial charge in [0.15, 0.2) is 5.96 Å². The van der Waals surface area contributed by atoms with Crippen molar-refractivity contribution in [2.24, 2.45) is 28.7 Å². The van der Waals surface area contributed by atoms with Gasteiger partial charge >= 0.3 is 0 Å². The molecule has 2 N–H and O–H groups in total. The van der Waals surface area contributed by atoms with Crippen molar-refractivity contribution in [3.05, 3.63) is 48.2 Å². The predicted molar refractivity (Wildman–Crippen MR) is 114 cm³/mol. The molecule has 30 heavy (non-hydrogen) atoms. The Balaban J connectivity index is 1.09. The lowest BCUT2D eigenvalue weighted by Crippen LogP contribution is -2.44. The second-order valence-corrected chi connectivity index (χ2v) is 8.25. The Bertz CT molecular complexity index is 977. The number of rotatable bonds is 6. The van der Waals surface area contributed by atoms with Gasteiger partial charge in [0.1, 0.15) is 11.3 Å². The van der Waals surface area contributed by atoms with Crippen molar-refractivity contribution in [2.75, 3.05) is 26.7 Å². The molecule has 1 aromatic carbocycles. The molecule has 7 nitrogen and oxygen atoms in total. The molecule has 2 amide bonds. The van der Waals surface area contributed by atoms with Gasteiger partial charge in [-0.05, 0) is 30.4 Å². The number of imide groups is 1. The van der Waals surface area contributed by atoms with Crippen molar-refractivity contribution in [1.29, 1.82) is 0 Å². The second-order valence-electron chi connectivity index (χ2n) is 8.25. The van der Waals surface area contributed by atoms with Crippen LogP contribution in [0.25, 0.3) is 11.0 Å². The zero-order valence-corrected chi connectivity index (χ0v) is 17.0. The number of fused-ring (bicyclic) bond motifs is 6. The van der Waals surface area contributed by atoms with Gasteiger partial charge in [0.2, 0.25) is 11.8 Å². The summed E-state index contributed by atoms with van der Waals surface area (Å²) in [4.78, 5) is 31.1. The van der Waals surface area contributed by atoms with Crippen LogP contribution in [0.3, 0.4) is 0 Å². The summed E-state index contributed by atoms with van der Waals surface area (Å²) in [5.74, 6) is 1.80. The van der Waals surface area contributed by atoms with Crippen molar-refractivity contribution < 1.29 is 14.0 Å². The monoisotopic (exact) mass is 406 g/mol. The first-order valence-corrected chi connectivity index (χ1v) is 10.6. The Hall–Kier alpha value is -3.09. The van der Waals surface area contributed by atoms with E-state index < -0.39 is 0 Å². The molecule has 1 aliphatic heterocycles. The molecule has 4 atom stereocenters. The van der Waals surface area contributed by atoms with Crippen LogP contribution in [0.4, 0.5) is 0 Å². The third-order valence-electron chi connectivity index (χ3n) is 6.55. The van der Waals surface area contributed by atoms with Crippen LogP contribution >= 0.6 is 0 Å². The van der Waals surface area contributed by atoms with Crippen molar-refractivity contribution in [3.63, 3.8) is 0 Å². The first kappa shape index (κ1) is 18.9. The van der Waals surface area contributed by atoms with E-state index in [9.17, 15) is 9.59 Å². The SMILES string of the molecule is CN=C(NCCc1cc2ccccc2o1)NCCN1C(=O)C2C3C=CC(C3)C2C1=O. The number of likely N-dealkylation sites (tertiary alicyclic amines) is 1. The fourth-order valence-corrected chi connectivity index (χ4v) is 5.16. The molecule has 0 spiro atoms. The number of para-hydroxylation sites is 1. The highest BCUT2D eigenvalue weighted by molar-refractivity contribution is 6.06. The lowest BCUT2D eigenvalue weighted by atomic mass is 9.85. The Kier molecular flexibility index (Phi) is 4.81. The Labute approximate surface area is 175 Å². The molecule has 156 valence electrons. The largest absolute Gasteiger partial charge is 0.461 e. The smallest absolute Gasteiger partial charge is 0.233 e. The van der Waals surface area contributed by atoms with Crippen molar-refractivity contribution in [3.8, 4) is 0 Å². The number of benzene rings is 1. The summed E-state index contributed by atoms with van der Waals surface area (Å²) in [5.41, 5.74) is 0.892. The van der Waals surface area contributed by atoms with Crippen LogP contribution in [-0.4, -0.2) is 49.4 Å². The lowest BCUT2D eigenvalue weighted by Gasteiger charge is -2.18. The number of allylic oxidation sites excluding steroid dienone is 2. The molecule has 1 saturated carbocycles. The van der Waals surface area contributed by atoms with Crippen molar-refractivity contribution >= 4 is 28.7 Å². The van der Waals surface area contributed by atoms with Crippen LogP contribution in [-0.2, 0) is 16.0 Å². The van der Waals surface area contributed by atoms with E-state index in [-0.39, 0.29) is 35.5 Å². The van der Waals surface area contributed by atoms with Crippen molar-refractivity contribution in [2.45, 2.75) is 12.8 Å². The van der Waals surface area contributed by atoms with Gasteiger partial charge in [-0.3, -0.25) is 19.5 Å². The molecular weight excluding hydrogens is 380 g/mol. The maximum absolute atomic E-state index is 12.7. The summed E-state index contributed by atoms with van der Waals surface area (Å²) in [5, 5.41) is 7.56. The fourth-order valence-electron chi connectivity index (χ4n) is 5.16. The van der Waals surface area contributed by atoms with E-state index in [1.807, 2.05) is 24.3 Å². The standard InChI is InChI=1S/C23H26N4O3/c1-24-23(25-9-8-17-13-14-4-2-3-5-18(14)30-17)26-10-11-27-21(28)19-15-6-7-16(12-15)20(19)22(27)29/h2-7,13,15-16,19-20H,8-12H2,1H3,(H2,24,25,26). The third kappa shape index (κ3) is 3.18. The molecule has 7 heteroatoms. The molecule has 2 fully saturated rings. The van der Waals surface area contributed by atoms with E-state index >= 15 is 0 Å². The first-order chi connectivity index (χ1) is 14.7. The maximum Gasteiger partial charge on any atom is 0.233 e. The summed E-state index contributed by atoms with van der Waals surface area (Å²) < 4.78 is 5.83. The molecule has 5 rings (SSSR count). The van der Waals surface area contributed by atoms with Gasteiger partial charge in [-0.25, -0.2) is 0 Å². The van der Waals surface area contributed by atoms with Gasteiger partial charge in [-0.15, -0.1) is 0 Å². The molecule has 3 aliphatic rings. The number of guanidine groups is 1. The molecule has 2 aliphatic carbocycles. The van der Waals surface area contributed by atoms with Gasteiger partial charge < -0.3 is 15.1 Å². The van der Waals surface area contributed by atoms with E-state index in [0.29, 0.717) is 25.6 Å². The Morgan fingerprint density at radius 1 is 1.10 bits per heavy atom. The average molecular weight is 406 g/mol. The highest BCUT2D eigenvalue weighted by atomic mass is 16.3. The summed E-state index contributed by atoms with van der Waals surface area (Å²) in [6.45, 7) is 1.51. The lowest BCUT2D eigenvalue weighted by molar-refractivity contribution is -0.140. The zero-order chi connectivity index (χ0) is 20.7. The van der Waals surface area contributed by atoms with Gasteiger partial charge in [-0.2, -0.15) is 0 Å². The fraction of sp³-hybridized carbons (Fsp3) is 0.435. The number of nitrogens with one attached hydrogen (secondary N) is 2. The van der Waals surface area contributed by atoms with E-state index in [4.69, 9.17) is 4.42 Å². The summed E-state index contributed by atoms with van der Waals surface area (Å²) in [7, 11) is 1.70. The molecule has 2 bridgehead atoms. The summed E-state index contributed by atoms with van der Waals surface area (Å²) in [6, 6.07) is 10.0. The zero-order valence-electron chi connectivity index (χ0n) is 17.0. The Morgan fingerprint density at radius 2 is 1.80 bits per heavy atom. The van der Waals surface area contributed by atoms with E-state index in [2.05, 4.69) is 33.8 Å². The minimum atomic E-state index is -0.131. The molecule has 0 radical (unpaired) electrons. The van der Waals surface area contributed by atoms with Crippen LogP contribution < -0.4 is 10.6 Å². The van der Waals surface area contributed by atoms with Crippen LogP contribution in [0.15, 0.2) is 51.9 Å². The molecule has 1 aromatic heterocycles. The number of nitrogens with zero attached hydrogens (tertiary/aromatic N) is 2. The summed E-state index contributed by atoms with van der Waals surface area (Å²) in [6.07, 6.45) is 5.93. The van der Waals surface area contributed by atoms with Gasteiger partial charge in [0.05, 0.1) is 11.8 Å². The minimum absolute atomic E-state index is 0.00326. The van der Waals surface area contributed by atoms with E-state index in [1.54, 1.807) is 7.05 Å². The van der Waals surface area contributed by atoms with Gasteiger partial charge in [-0.1, -0.05) is 30.4 Å². The van der Waals surface area contributed by atoms with Crippen LogP contribution in [0.2, 0.25) is 0 Å². The molecular formula is C23H26N4O3. The Morgan fingerprint density at radius 3 is 2.50 bits per heavy atom. The van der Waals surface area contributed by atoms with Crippen molar-refractivity contribution in [1.82, 2.24) is 15.5 Å². The number of amides is 2. The number of aliphatic imine (C=N–C) groups is 1. The first-order valence-electron chi connectivity index (χ1n) is 10.6. The van der Waals surface area contributed by atoms with Gasteiger partial charge in [0.25, 0.3) is 0 Å². The number of hydrogen-bond donors (Lipinski definition) is 2. The molecule has 4 unspecified atom stereocenters. The normalized spacial score (nSPS) is 27.4. The minimum Gasteiger partial charge on any atom is -0.461 e. The van der Waals surface area contributed by atoms with E-state index in [0.717, 1.165) is 29.6 Å². The van der Waals surface area contributed by atoms with Crippen LogP contribution in [0, 0.1) is 23.7 Å². The maximum atomic E-state index is 12.7. The quantitative estimate of drug-likeness (QED) is 0.331.